The van der Waals surface area contributed by atoms with Crippen LogP contribution in [0.5, 0.6) is 0 Å². The zero-order valence-corrected chi connectivity index (χ0v) is 32.2. The smallest absolute Gasteiger partial charge is 0.464 e. The van der Waals surface area contributed by atoms with Gasteiger partial charge < -0.3 is 20.0 Å². The lowest BCUT2D eigenvalue weighted by Gasteiger charge is -2.17. The van der Waals surface area contributed by atoms with E-state index in [4.69, 9.17) is 9.05 Å². The molecule has 8 nitrogen and oxygen atoms in total. The molecule has 0 aromatic heterocycles. The zero-order chi connectivity index (χ0) is 34.9. The van der Waals surface area contributed by atoms with E-state index in [1.54, 1.807) is 6.08 Å². The van der Waals surface area contributed by atoms with Crippen LogP contribution in [-0.4, -0.2) is 71.9 Å². The molecule has 1 unspecified atom stereocenters. The van der Waals surface area contributed by atoms with Gasteiger partial charge in [0, 0.05) is 6.54 Å². The Bertz CT molecular complexity index is 779. The highest BCUT2D eigenvalue weighted by Crippen LogP contribution is 2.43. The number of phosphoric ester groups is 1. The van der Waals surface area contributed by atoms with Crippen molar-refractivity contribution < 1.29 is 33.7 Å². The van der Waals surface area contributed by atoms with Crippen molar-refractivity contribution in [2.75, 3.05) is 33.9 Å². The third-order valence-electron chi connectivity index (χ3n) is 8.80. The molecule has 9 heteroatoms. The van der Waals surface area contributed by atoms with Crippen LogP contribution in [0.3, 0.4) is 0 Å². The Morgan fingerprint density at radius 3 is 1.57 bits per heavy atom. The highest BCUT2D eigenvalue weighted by molar-refractivity contribution is 7.47. The highest BCUT2D eigenvalue weighted by Gasteiger charge is 2.29. The number of likely N-dealkylation sites (N-methyl/N-ethyl adjacent to an activating group) is 1. The van der Waals surface area contributed by atoms with E-state index < -0.39 is 20.0 Å². The fraction of sp³-hybridized carbons (Fsp3) is 0.921. The van der Waals surface area contributed by atoms with E-state index in [1.165, 1.54) is 128 Å². The molecule has 0 spiro atoms. The van der Waals surface area contributed by atoms with Crippen molar-refractivity contribution in [3.05, 3.63) is 12.2 Å². The van der Waals surface area contributed by atoms with Crippen LogP contribution in [0.2, 0.25) is 0 Å². The first kappa shape index (κ1) is 46.2. The summed E-state index contributed by atoms with van der Waals surface area (Å²) < 4.78 is 22.7. The molecule has 280 valence electrons. The van der Waals surface area contributed by atoms with Gasteiger partial charge in [-0.1, -0.05) is 167 Å². The molecule has 0 fully saturated rings. The molecule has 0 aliphatic heterocycles. The summed E-state index contributed by atoms with van der Waals surface area (Å²) in [5, 5.41) is 21.5. The van der Waals surface area contributed by atoms with Crippen molar-refractivity contribution >= 4 is 13.7 Å². The molecule has 3 atom stereocenters. The molecule has 0 aliphatic rings. The maximum atomic E-state index is 12.4. The van der Waals surface area contributed by atoms with Crippen molar-refractivity contribution in [1.82, 2.24) is 4.90 Å². The molecule has 0 saturated carbocycles. The van der Waals surface area contributed by atoms with Gasteiger partial charge in [-0.05, 0) is 33.4 Å². The Morgan fingerprint density at radius 1 is 0.702 bits per heavy atom. The van der Waals surface area contributed by atoms with Crippen molar-refractivity contribution in [3.8, 4) is 0 Å². The van der Waals surface area contributed by atoms with Crippen LogP contribution in [0.4, 0.5) is 0 Å². The van der Waals surface area contributed by atoms with Crippen LogP contribution >= 0.6 is 7.82 Å². The zero-order valence-electron chi connectivity index (χ0n) is 31.3. The number of aliphatic hydroxyl groups is 2. The molecule has 0 aliphatic carbocycles. The van der Waals surface area contributed by atoms with Gasteiger partial charge in [0.25, 0.3) is 0 Å². The van der Waals surface area contributed by atoms with Crippen LogP contribution in [0, 0.1) is 0 Å². The Hall–Kier alpha value is -0.760. The largest absolute Gasteiger partial charge is 0.472 e. The Balaban J connectivity index is 4.53. The topological polar surface area (TPSA) is 113 Å². The van der Waals surface area contributed by atoms with Crippen LogP contribution < -0.4 is 4.99 Å². The first-order valence-electron chi connectivity index (χ1n) is 19.6. The SMILES string of the molecule is CCCCCCCCCCCCC/C=C/[C@H](O)[C@@H](COP(=O)(O)OCCN(C)C)[NH+]=C(O)CCCCCCCCCCCCCCC. The number of unbranched alkanes of at least 4 members (excludes halogenated alkanes) is 23. The summed E-state index contributed by atoms with van der Waals surface area (Å²) in [7, 11) is -0.592. The summed E-state index contributed by atoms with van der Waals surface area (Å²) in [6, 6.07) is -0.775. The number of nitrogens with zero attached hydrogens (tertiary/aromatic N) is 1. The van der Waals surface area contributed by atoms with Crippen LogP contribution in [0.25, 0.3) is 0 Å². The van der Waals surface area contributed by atoms with Gasteiger partial charge in [0.2, 0.25) is 6.04 Å². The highest BCUT2D eigenvalue weighted by atomic mass is 31.2. The average Bonchev–Trinajstić information content (AvgIpc) is 3.03. The second-order valence-electron chi connectivity index (χ2n) is 13.8. The van der Waals surface area contributed by atoms with Gasteiger partial charge in [-0.25, -0.2) is 9.56 Å². The van der Waals surface area contributed by atoms with E-state index in [0.29, 0.717) is 13.0 Å². The Kier molecular flexibility index (Phi) is 33.2. The molecule has 0 radical (unpaired) electrons. The molecule has 0 aromatic carbocycles. The second kappa shape index (κ2) is 33.7. The van der Waals surface area contributed by atoms with Gasteiger partial charge >= 0.3 is 13.7 Å². The number of allylic oxidation sites excluding steroid dienone is 1. The summed E-state index contributed by atoms with van der Waals surface area (Å²) in [5.74, 6) is 0.0702. The Labute approximate surface area is 290 Å². The van der Waals surface area contributed by atoms with E-state index in [9.17, 15) is 19.7 Å². The molecule has 0 heterocycles. The van der Waals surface area contributed by atoms with Crippen LogP contribution in [0.1, 0.15) is 181 Å². The van der Waals surface area contributed by atoms with Gasteiger partial charge in [-0.3, -0.25) is 9.05 Å². The first-order chi connectivity index (χ1) is 22.7. The molecular formula is C38H78N2O6P+. The molecule has 0 rings (SSSR count). The fourth-order valence-electron chi connectivity index (χ4n) is 5.67. The van der Waals surface area contributed by atoms with Gasteiger partial charge in [0.15, 0.2) is 0 Å². The summed E-state index contributed by atoms with van der Waals surface area (Å²) in [6.45, 7) is 4.77. The number of hydrogen-bond donors (Lipinski definition) is 4. The van der Waals surface area contributed by atoms with E-state index in [2.05, 4.69) is 18.8 Å². The number of phosphoric acid groups is 1. The summed E-state index contributed by atoms with van der Waals surface area (Å²) in [6.07, 6.45) is 34.6. The molecule has 0 saturated heterocycles. The fourth-order valence-corrected chi connectivity index (χ4v) is 6.40. The third-order valence-corrected chi connectivity index (χ3v) is 9.78. The second-order valence-corrected chi connectivity index (χ2v) is 15.3. The van der Waals surface area contributed by atoms with Crippen molar-refractivity contribution in [3.63, 3.8) is 0 Å². The molecule has 0 bridgehead atoms. The first-order valence-corrected chi connectivity index (χ1v) is 21.1. The van der Waals surface area contributed by atoms with Crippen LogP contribution in [0.15, 0.2) is 12.2 Å². The summed E-state index contributed by atoms with van der Waals surface area (Å²) in [5.41, 5.74) is 0. The third kappa shape index (κ3) is 33.5. The lowest BCUT2D eigenvalue weighted by Crippen LogP contribution is -2.84. The minimum atomic E-state index is -4.29. The number of rotatable bonds is 36. The molecule has 0 amide bonds. The van der Waals surface area contributed by atoms with E-state index in [1.807, 2.05) is 25.1 Å². The minimum absolute atomic E-state index is 0.0523. The predicted octanol–water partition coefficient (Wildman–Crippen LogP) is 9.19. The summed E-state index contributed by atoms with van der Waals surface area (Å²) >= 11 is 0. The van der Waals surface area contributed by atoms with E-state index in [-0.39, 0.29) is 19.1 Å². The lowest BCUT2D eigenvalue weighted by atomic mass is 10.0. The minimum Gasteiger partial charge on any atom is -0.464 e. The molecule has 0 aromatic rings. The maximum absolute atomic E-state index is 12.4. The van der Waals surface area contributed by atoms with Crippen LogP contribution in [-0.2, 0) is 13.6 Å². The lowest BCUT2D eigenvalue weighted by molar-refractivity contribution is -0.525. The van der Waals surface area contributed by atoms with Gasteiger partial charge in [0.05, 0.1) is 13.0 Å². The van der Waals surface area contributed by atoms with Gasteiger partial charge in [0.1, 0.15) is 12.7 Å². The number of nitrogens with one attached hydrogen (secondary N) is 1. The standard InChI is InChI=1S/C38H77N2O6P/c1-5-7-9-11-13-15-17-19-21-23-25-27-29-31-37(41)36(35-46-47(43,44)45-34-33-40(3)4)39-38(42)32-30-28-26-24-22-20-18-16-14-12-10-8-6-2/h29,31,36-37,41H,5-28,30,32-35H2,1-4H3,(H,39,42)(H,43,44)/p+1/b31-29+/t36-,37+/m1/s1. The van der Waals surface area contributed by atoms with Crippen molar-refractivity contribution in [2.45, 2.75) is 193 Å². The molecule has 4 N–H and O–H groups in total. The Morgan fingerprint density at radius 2 is 1.13 bits per heavy atom. The molecular weight excluding hydrogens is 611 g/mol. The summed E-state index contributed by atoms with van der Waals surface area (Å²) in [4.78, 5) is 14.9. The quantitative estimate of drug-likeness (QED) is 0.0171. The maximum Gasteiger partial charge on any atom is 0.472 e. The van der Waals surface area contributed by atoms with Gasteiger partial charge in [-0.2, -0.15) is 0 Å². The number of hydrogen-bond acceptors (Lipinski definition) is 5. The molecule has 47 heavy (non-hydrogen) atoms. The van der Waals surface area contributed by atoms with Gasteiger partial charge in [-0.15, -0.1) is 0 Å². The van der Waals surface area contributed by atoms with Crippen molar-refractivity contribution in [1.29, 1.82) is 0 Å². The monoisotopic (exact) mass is 690 g/mol. The predicted molar refractivity (Wildman–Crippen MR) is 199 cm³/mol. The van der Waals surface area contributed by atoms with Crippen molar-refractivity contribution in [2.24, 2.45) is 0 Å². The van der Waals surface area contributed by atoms with E-state index >= 15 is 0 Å². The van der Waals surface area contributed by atoms with E-state index in [0.717, 1.165) is 32.1 Å². The number of aliphatic hydroxyl groups excluding tert-OH is 2. The average molecular weight is 690 g/mol. The normalized spacial score (nSPS) is 15.1.